The molecule has 0 radical (unpaired) electrons. The topological polar surface area (TPSA) is 237 Å². The third-order valence-electron chi connectivity index (χ3n) is 5.67. The molecule has 198 valence electrons. The second-order valence-corrected chi connectivity index (χ2v) is 8.19. The summed E-state index contributed by atoms with van der Waals surface area (Å²) in [6.45, 7) is 0.593. The van der Waals surface area contributed by atoms with Crippen LogP contribution < -0.4 is 10.2 Å². The largest absolute Gasteiger partial charge is 0.504 e. The minimum Gasteiger partial charge on any atom is -0.504 e. The SMILES string of the molecule is CC(=O)OCC1O[C@@H](Oc2cc3oc(-c4ccc(O)c(O)c4)c(O)c(=O)c3c(O)c2O)C(O)[C@@H](O)[C@@H]1O. The third-order valence-corrected chi connectivity index (χ3v) is 5.67. The van der Waals surface area contributed by atoms with E-state index in [4.69, 9.17) is 18.6 Å². The molecule has 1 fully saturated rings. The van der Waals surface area contributed by atoms with Gasteiger partial charge < -0.3 is 59.5 Å². The molecule has 8 N–H and O–H groups in total. The van der Waals surface area contributed by atoms with E-state index in [2.05, 4.69) is 0 Å². The van der Waals surface area contributed by atoms with Crippen molar-refractivity contribution >= 4 is 16.9 Å². The Balaban J connectivity index is 1.75. The Morgan fingerprint density at radius 1 is 0.919 bits per heavy atom. The van der Waals surface area contributed by atoms with Gasteiger partial charge in [0.15, 0.2) is 28.8 Å². The number of phenolic OH excluding ortho intramolecular Hbond substituents is 4. The van der Waals surface area contributed by atoms with Gasteiger partial charge in [-0.05, 0) is 18.2 Å². The van der Waals surface area contributed by atoms with Gasteiger partial charge in [-0.1, -0.05) is 0 Å². The average molecular weight is 522 g/mol. The molecule has 0 amide bonds. The zero-order chi connectivity index (χ0) is 27.2. The second kappa shape index (κ2) is 9.67. The van der Waals surface area contributed by atoms with Crippen LogP contribution in [0, 0.1) is 0 Å². The van der Waals surface area contributed by atoms with Gasteiger partial charge in [-0.25, -0.2) is 0 Å². The molecule has 0 saturated carbocycles. The van der Waals surface area contributed by atoms with Crippen LogP contribution in [-0.2, 0) is 14.3 Å². The first-order chi connectivity index (χ1) is 17.4. The Hall–Kier alpha value is -4.24. The van der Waals surface area contributed by atoms with Gasteiger partial charge >= 0.3 is 5.97 Å². The van der Waals surface area contributed by atoms with Gasteiger partial charge in [0.1, 0.15) is 42.0 Å². The highest BCUT2D eigenvalue weighted by Gasteiger charge is 2.45. The first kappa shape index (κ1) is 25.8. The average Bonchev–Trinajstić information content (AvgIpc) is 2.85. The van der Waals surface area contributed by atoms with Crippen molar-refractivity contribution in [1.29, 1.82) is 0 Å². The number of carbonyl (C=O) groups excluding carboxylic acids is 1. The van der Waals surface area contributed by atoms with E-state index in [1.165, 1.54) is 6.07 Å². The molecule has 14 heteroatoms. The summed E-state index contributed by atoms with van der Waals surface area (Å²) in [4.78, 5) is 23.8. The van der Waals surface area contributed by atoms with Gasteiger partial charge in [-0.3, -0.25) is 9.59 Å². The number of benzene rings is 2. The lowest BCUT2D eigenvalue weighted by Gasteiger charge is -2.39. The lowest BCUT2D eigenvalue weighted by Crippen LogP contribution is -2.60. The van der Waals surface area contributed by atoms with Crippen molar-refractivity contribution in [2.24, 2.45) is 0 Å². The quantitative estimate of drug-likeness (QED) is 0.159. The van der Waals surface area contributed by atoms with Crippen LogP contribution in [-0.4, -0.2) is 84.1 Å². The standard InChI is InChI=1S/C23H22O14/c1-7(24)34-6-13-16(28)19(31)21(33)23(37-13)36-12-5-11-14(17(29)15(12)27)18(30)20(32)22(35-11)8-2-3-9(25)10(26)4-8/h2-5,13,16,19,21,23,25-29,31-33H,6H2,1H3/t13?,16-,19+,21?,23-/m1/s1. The Bertz CT molecular complexity index is 1410. The smallest absolute Gasteiger partial charge is 0.302 e. The van der Waals surface area contributed by atoms with E-state index in [-0.39, 0.29) is 5.56 Å². The molecule has 0 bridgehead atoms. The van der Waals surface area contributed by atoms with Crippen LogP contribution in [0.15, 0.2) is 33.5 Å². The zero-order valence-electron chi connectivity index (χ0n) is 18.9. The monoisotopic (exact) mass is 522 g/mol. The third kappa shape index (κ3) is 4.65. The maximum Gasteiger partial charge on any atom is 0.302 e. The van der Waals surface area contributed by atoms with Crippen molar-refractivity contribution in [2.75, 3.05) is 6.61 Å². The van der Waals surface area contributed by atoms with E-state index in [0.717, 1.165) is 25.1 Å². The van der Waals surface area contributed by atoms with E-state index in [0.29, 0.717) is 0 Å². The number of aliphatic hydroxyl groups is 3. The number of aromatic hydroxyl groups is 5. The molecule has 14 nitrogen and oxygen atoms in total. The maximum atomic E-state index is 12.7. The van der Waals surface area contributed by atoms with E-state index < -0.39 is 99.9 Å². The molecule has 1 aromatic heterocycles. The van der Waals surface area contributed by atoms with E-state index in [1.54, 1.807) is 0 Å². The summed E-state index contributed by atoms with van der Waals surface area (Å²) in [7, 11) is 0. The number of esters is 1. The molecule has 1 saturated heterocycles. The Morgan fingerprint density at radius 2 is 1.62 bits per heavy atom. The van der Waals surface area contributed by atoms with Gasteiger partial charge in [0.25, 0.3) is 0 Å². The highest BCUT2D eigenvalue weighted by molar-refractivity contribution is 5.91. The number of aliphatic hydroxyl groups excluding tert-OH is 3. The summed E-state index contributed by atoms with van der Waals surface area (Å²) >= 11 is 0. The molecule has 0 spiro atoms. The summed E-state index contributed by atoms with van der Waals surface area (Å²) in [5.41, 5.74) is -1.60. The molecule has 1 aliphatic rings. The number of carbonyl (C=O) groups is 1. The molecule has 2 aromatic carbocycles. The summed E-state index contributed by atoms with van der Waals surface area (Å²) in [6, 6.07) is 4.21. The van der Waals surface area contributed by atoms with Gasteiger partial charge in [-0.15, -0.1) is 0 Å². The van der Waals surface area contributed by atoms with Crippen LogP contribution in [0.3, 0.4) is 0 Å². The van der Waals surface area contributed by atoms with Crippen molar-refractivity contribution in [1.82, 2.24) is 0 Å². The predicted octanol–water partition coefficient (Wildman–Crippen LogP) is -0.263. The summed E-state index contributed by atoms with van der Waals surface area (Å²) in [6.07, 6.45) is -8.47. The van der Waals surface area contributed by atoms with Crippen molar-refractivity contribution in [3.63, 3.8) is 0 Å². The van der Waals surface area contributed by atoms with Crippen molar-refractivity contribution in [2.45, 2.75) is 37.6 Å². The van der Waals surface area contributed by atoms with E-state index in [9.17, 15) is 50.4 Å². The van der Waals surface area contributed by atoms with E-state index >= 15 is 0 Å². The lowest BCUT2D eigenvalue weighted by molar-refractivity contribution is -0.278. The number of rotatable bonds is 5. The minimum atomic E-state index is -1.87. The Labute approximate surface area is 206 Å². The number of fused-ring (bicyclic) bond motifs is 1. The molecular weight excluding hydrogens is 500 g/mol. The van der Waals surface area contributed by atoms with Crippen LogP contribution in [0.5, 0.6) is 34.5 Å². The molecule has 0 aliphatic carbocycles. The summed E-state index contributed by atoms with van der Waals surface area (Å²) in [5, 5.41) is 80.4. The summed E-state index contributed by atoms with van der Waals surface area (Å²) < 4.78 is 21.1. The number of phenols is 4. The van der Waals surface area contributed by atoms with Crippen LogP contribution in [0.1, 0.15) is 6.92 Å². The molecule has 3 aromatic rings. The number of ether oxygens (including phenoxy) is 3. The van der Waals surface area contributed by atoms with Crippen LogP contribution in [0.4, 0.5) is 0 Å². The molecule has 1 aliphatic heterocycles. The first-order valence-electron chi connectivity index (χ1n) is 10.7. The highest BCUT2D eigenvalue weighted by atomic mass is 16.7. The van der Waals surface area contributed by atoms with Crippen molar-refractivity contribution in [3.05, 3.63) is 34.5 Å². The molecular formula is C23H22O14. The molecule has 2 heterocycles. The van der Waals surface area contributed by atoms with Gasteiger partial charge in [0.05, 0.1) is 0 Å². The van der Waals surface area contributed by atoms with Gasteiger partial charge in [-0.2, -0.15) is 0 Å². The first-order valence-corrected chi connectivity index (χ1v) is 10.7. The molecule has 4 rings (SSSR count). The molecule has 2 unspecified atom stereocenters. The fourth-order valence-electron chi connectivity index (χ4n) is 3.72. The second-order valence-electron chi connectivity index (χ2n) is 8.19. The maximum absolute atomic E-state index is 12.7. The van der Waals surface area contributed by atoms with Crippen molar-refractivity contribution < 1.29 is 64.3 Å². The number of hydrogen-bond donors (Lipinski definition) is 8. The van der Waals surface area contributed by atoms with Crippen LogP contribution >= 0.6 is 0 Å². The van der Waals surface area contributed by atoms with E-state index in [1.807, 2.05) is 0 Å². The fraction of sp³-hybridized carbons (Fsp3) is 0.304. The van der Waals surface area contributed by atoms with Gasteiger partial charge in [0.2, 0.25) is 23.2 Å². The normalized spacial score (nSPS) is 23.6. The fourth-order valence-corrected chi connectivity index (χ4v) is 3.72. The molecule has 37 heavy (non-hydrogen) atoms. The Kier molecular flexibility index (Phi) is 6.75. The summed E-state index contributed by atoms with van der Waals surface area (Å²) in [5.74, 6) is -5.87. The van der Waals surface area contributed by atoms with Gasteiger partial charge in [0, 0.05) is 18.6 Å². The highest BCUT2D eigenvalue weighted by Crippen LogP contribution is 2.44. The molecule has 5 atom stereocenters. The lowest BCUT2D eigenvalue weighted by atomic mass is 9.99. The van der Waals surface area contributed by atoms with Crippen molar-refractivity contribution in [3.8, 4) is 45.8 Å². The Morgan fingerprint density at radius 3 is 2.27 bits per heavy atom. The minimum absolute atomic E-state index is 0.0294. The number of hydrogen-bond acceptors (Lipinski definition) is 14. The zero-order valence-corrected chi connectivity index (χ0v) is 18.9. The predicted molar refractivity (Wildman–Crippen MR) is 120 cm³/mol. The van der Waals surface area contributed by atoms with Crippen LogP contribution in [0.2, 0.25) is 0 Å². The van der Waals surface area contributed by atoms with Crippen LogP contribution in [0.25, 0.3) is 22.3 Å².